The van der Waals surface area contributed by atoms with Crippen LogP contribution in [0.1, 0.15) is 26.7 Å². The van der Waals surface area contributed by atoms with Gasteiger partial charge in [0, 0.05) is 18.8 Å². The van der Waals surface area contributed by atoms with E-state index in [1.165, 1.54) is 0 Å². The Kier molecular flexibility index (Phi) is 8.19. The SMILES string of the molecule is CNCC1CCN(C(=O)C(C)(C)NC(=O)Nc2ccccc2)CC1.Cl. The molecule has 0 bridgehead atoms. The normalized spacial score (nSPS) is 15.2. The number of urea groups is 1. The van der Waals surface area contributed by atoms with Gasteiger partial charge in [0.1, 0.15) is 5.54 Å². The lowest BCUT2D eigenvalue weighted by molar-refractivity contribution is -0.138. The van der Waals surface area contributed by atoms with Crippen molar-refractivity contribution in [2.75, 3.05) is 32.0 Å². The van der Waals surface area contributed by atoms with E-state index in [1.807, 2.05) is 30.1 Å². The zero-order valence-corrected chi connectivity index (χ0v) is 16.0. The van der Waals surface area contributed by atoms with Crippen LogP contribution in [0.5, 0.6) is 0 Å². The number of hydrogen-bond acceptors (Lipinski definition) is 3. The molecule has 0 atom stereocenters. The van der Waals surface area contributed by atoms with Gasteiger partial charge in [0.2, 0.25) is 5.91 Å². The molecule has 0 spiro atoms. The first-order valence-corrected chi connectivity index (χ1v) is 8.50. The number of rotatable bonds is 5. The number of nitrogens with one attached hydrogen (secondary N) is 3. The summed E-state index contributed by atoms with van der Waals surface area (Å²) in [6.45, 7) is 5.98. The topological polar surface area (TPSA) is 73.5 Å². The fraction of sp³-hybridized carbons (Fsp3) is 0.556. The van der Waals surface area contributed by atoms with Crippen molar-refractivity contribution >= 4 is 30.0 Å². The van der Waals surface area contributed by atoms with Crippen LogP contribution in [0.15, 0.2) is 30.3 Å². The second kappa shape index (κ2) is 9.63. The number of likely N-dealkylation sites (tertiary alicyclic amines) is 1. The van der Waals surface area contributed by atoms with Crippen molar-refractivity contribution in [1.82, 2.24) is 15.5 Å². The number of benzene rings is 1. The van der Waals surface area contributed by atoms with Crippen molar-refractivity contribution in [3.8, 4) is 0 Å². The predicted molar refractivity (Wildman–Crippen MR) is 103 cm³/mol. The Balaban J connectivity index is 0.00000312. The van der Waals surface area contributed by atoms with Crippen LogP contribution in [-0.4, -0.2) is 49.1 Å². The predicted octanol–water partition coefficient (Wildman–Crippen LogP) is 2.47. The molecule has 7 heteroatoms. The van der Waals surface area contributed by atoms with Crippen molar-refractivity contribution in [2.24, 2.45) is 5.92 Å². The second-order valence-corrected chi connectivity index (χ2v) is 6.86. The number of carbonyl (C=O) groups excluding carboxylic acids is 2. The van der Waals surface area contributed by atoms with Gasteiger partial charge in [0.05, 0.1) is 0 Å². The van der Waals surface area contributed by atoms with Crippen molar-refractivity contribution in [3.05, 3.63) is 30.3 Å². The Bertz CT molecular complexity index is 557. The van der Waals surface area contributed by atoms with E-state index in [2.05, 4.69) is 16.0 Å². The number of anilines is 1. The Morgan fingerprint density at radius 3 is 2.32 bits per heavy atom. The minimum absolute atomic E-state index is 0. The van der Waals surface area contributed by atoms with Crippen molar-refractivity contribution < 1.29 is 9.59 Å². The molecule has 6 nitrogen and oxygen atoms in total. The van der Waals surface area contributed by atoms with E-state index in [0.717, 1.165) is 32.5 Å². The zero-order valence-electron chi connectivity index (χ0n) is 15.2. The van der Waals surface area contributed by atoms with Gasteiger partial charge in [0.25, 0.3) is 0 Å². The van der Waals surface area contributed by atoms with Crippen molar-refractivity contribution in [1.29, 1.82) is 0 Å². The maximum Gasteiger partial charge on any atom is 0.320 e. The third-order valence-electron chi connectivity index (χ3n) is 4.39. The van der Waals surface area contributed by atoms with Gasteiger partial charge in [-0.25, -0.2) is 4.79 Å². The Morgan fingerprint density at radius 1 is 1.16 bits per heavy atom. The molecule has 1 saturated heterocycles. The summed E-state index contributed by atoms with van der Waals surface area (Å²) in [5.41, 5.74) is -0.236. The molecular formula is C18H29ClN4O2. The summed E-state index contributed by atoms with van der Waals surface area (Å²) < 4.78 is 0. The van der Waals surface area contributed by atoms with Crippen LogP contribution in [0.3, 0.4) is 0 Å². The van der Waals surface area contributed by atoms with Gasteiger partial charge in [0.15, 0.2) is 0 Å². The fourth-order valence-electron chi connectivity index (χ4n) is 3.05. The molecule has 3 amide bonds. The Hall–Kier alpha value is -1.79. The molecule has 0 radical (unpaired) electrons. The monoisotopic (exact) mass is 368 g/mol. The molecule has 3 N–H and O–H groups in total. The number of piperidine rings is 1. The third kappa shape index (κ3) is 6.21. The van der Waals surface area contributed by atoms with E-state index >= 15 is 0 Å². The zero-order chi connectivity index (χ0) is 17.6. The lowest BCUT2D eigenvalue weighted by Gasteiger charge is -2.37. The summed E-state index contributed by atoms with van der Waals surface area (Å²) >= 11 is 0. The minimum atomic E-state index is -0.936. The first kappa shape index (κ1) is 21.3. The first-order valence-electron chi connectivity index (χ1n) is 8.50. The summed E-state index contributed by atoms with van der Waals surface area (Å²) in [6, 6.07) is 8.82. The van der Waals surface area contributed by atoms with Crippen LogP contribution in [0.2, 0.25) is 0 Å². The summed E-state index contributed by atoms with van der Waals surface area (Å²) in [4.78, 5) is 26.7. The molecule has 1 aliphatic rings. The molecule has 1 heterocycles. The van der Waals surface area contributed by atoms with Gasteiger partial charge in [-0.2, -0.15) is 0 Å². The number of hydrogen-bond donors (Lipinski definition) is 3. The molecule has 1 aliphatic heterocycles. The van der Waals surface area contributed by atoms with E-state index in [0.29, 0.717) is 11.6 Å². The third-order valence-corrected chi connectivity index (χ3v) is 4.39. The van der Waals surface area contributed by atoms with Crippen LogP contribution in [0.25, 0.3) is 0 Å². The summed E-state index contributed by atoms with van der Waals surface area (Å²) in [5.74, 6) is 0.588. The smallest absolute Gasteiger partial charge is 0.320 e. The molecular weight excluding hydrogens is 340 g/mol. The highest BCUT2D eigenvalue weighted by molar-refractivity contribution is 5.95. The van der Waals surface area contributed by atoms with Crippen LogP contribution in [-0.2, 0) is 4.79 Å². The van der Waals surface area contributed by atoms with Gasteiger partial charge >= 0.3 is 6.03 Å². The van der Waals surface area contributed by atoms with E-state index in [-0.39, 0.29) is 24.3 Å². The van der Waals surface area contributed by atoms with Crippen molar-refractivity contribution in [3.63, 3.8) is 0 Å². The molecule has 1 aromatic carbocycles. The lowest BCUT2D eigenvalue weighted by Crippen LogP contribution is -2.58. The quantitative estimate of drug-likeness (QED) is 0.747. The number of halogens is 1. The number of para-hydroxylation sites is 1. The lowest BCUT2D eigenvalue weighted by atomic mass is 9.94. The second-order valence-electron chi connectivity index (χ2n) is 6.86. The van der Waals surface area contributed by atoms with Crippen LogP contribution in [0, 0.1) is 5.92 Å². The maximum absolute atomic E-state index is 12.7. The average molecular weight is 369 g/mol. The molecule has 0 aromatic heterocycles. The van der Waals surface area contributed by atoms with Gasteiger partial charge in [-0.15, -0.1) is 12.4 Å². The standard InChI is InChI=1S/C18H28N4O2.ClH/c1-18(2,21-17(24)20-15-7-5-4-6-8-15)16(23)22-11-9-14(10-12-22)13-19-3;/h4-8,14,19H,9-13H2,1-3H3,(H2,20,21,24);1H. The average Bonchev–Trinajstić information content (AvgIpc) is 2.55. The van der Waals surface area contributed by atoms with E-state index < -0.39 is 5.54 Å². The Labute approximate surface area is 156 Å². The summed E-state index contributed by atoms with van der Waals surface area (Å²) in [5, 5.41) is 8.73. The van der Waals surface area contributed by atoms with Crippen LogP contribution in [0.4, 0.5) is 10.5 Å². The molecule has 2 rings (SSSR count). The summed E-state index contributed by atoms with van der Waals surface area (Å²) in [7, 11) is 1.95. The highest BCUT2D eigenvalue weighted by Gasteiger charge is 2.35. The van der Waals surface area contributed by atoms with Gasteiger partial charge in [-0.05, 0) is 58.3 Å². The van der Waals surface area contributed by atoms with Crippen LogP contribution < -0.4 is 16.0 Å². The molecule has 0 unspecified atom stereocenters. The van der Waals surface area contributed by atoms with E-state index in [9.17, 15) is 9.59 Å². The van der Waals surface area contributed by atoms with E-state index in [4.69, 9.17) is 0 Å². The number of carbonyl (C=O) groups is 2. The van der Waals surface area contributed by atoms with Crippen LogP contribution >= 0.6 is 12.4 Å². The molecule has 1 fully saturated rings. The maximum atomic E-state index is 12.7. The number of nitrogens with zero attached hydrogens (tertiary/aromatic N) is 1. The molecule has 140 valence electrons. The van der Waals surface area contributed by atoms with Gasteiger partial charge in [-0.1, -0.05) is 18.2 Å². The van der Waals surface area contributed by atoms with E-state index in [1.54, 1.807) is 26.0 Å². The molecule has 0 aliphatic carbocycles. The highest BCUT2D eigenvalue weighted by atomic mass is 35.5. The Morgan fingerprint density at radius 2 is 1.76 bits per heavy atom. The van der Waals surface area contributed by atoms with Crippen molar-refractivity contribution in [2.45, 2.75) is 32.2 Å². The molecule has 0 saturated carbocycles. The van der Waals surface area contributed by atoms with Gasteiger partial charge in [-0.3, -0.25) is 4.79 Å². The van der Waals surface area contributed by atoms with Gasteiger partial charge < -0.3 is 20.9 Å². The fourth-order valence-corrected chi connectivity index (χ4v) is 3.05. The minimum Gasteiger partial charge on any atom is -0.341 e. The highest BCUT2D eigenvalue weighted by Crippen LogP contribution is 2.19. The largest absolute Gasteiger partial charge is 0.341 e. The number of amides is 3. The summed E-state index contributed by atoms with van der Waals surface area (Å²) in [6.07, 6.45) is 2.00. The first-order chi connectivity index (χ1) is 11.4. The molecule has 25 heavy (non-hydrogen) atoms. The molecule has 1 aromatic rings.